The molecule has 0 amide bonds. The molecule has 0 N–H and O–H groups in total. The van der Waals surface area contributed by atoms with Crippen molar-refractivity contribution < 1.29 is 28.2 Å². The average molecular weight is 398 g/mol. The molecule has 7 heteroatoms. The first kappa shape index (κ1) is 20.3. The van der Waals surface area contributed by atoms with E-state index >= 15 is 0 Å². The Balaban J connectivity index is 2.07. The van der Waals surface area contributed by atoms with Gasteiger partial charge < -0.3 is 23.4 Å². The molecule has 3 aromatic rings. The van der Waals surface area contributed by atoms with E-state index in [1.165, 1.54) is 14.2 Å². The Bertz CT molecular complexity index is 1110. The molecule has 0 fully saturated rings. The molecule has 1 atom stereocenters. The molecule has 0 aliphatic heterocycles. The molecule has 0 spiro atoms. The van der Waals surface area contributed by atoms with E-state index in [2.05, 4.69) is 4.74 Å². The molecular formula is C22H22O7. The maximum absolute atomic E-state index is 13.1. The topological polar surface area (TPSA) is 84.2 Å². The Morgan fingerprint density at radius 3 is 2.38 bits per heavy atom. The highest BCUT2D eigenvalue weighted by atomic mass is 16.6. The predicted molar refractivity (Wildman–Crippen MR) is 108 cm³/mol. The Labute approximate surface area is 167 Å². The van der Waals surface area contributed by atoms with E-state index in [1.807, 2.05) is 0 Å². The lowest BCUT2D eigenvalue weighted by Crippen LogP contribution is -2.24. The third kappa shape index (κ3) is 3.89. The summed E-state index contributed by atoms with van der Waals surface area (Å²) in [7, 11) is 4.38. The molecule has 152 valence electrons. The number of hydrogen-bond acceptors (Lipinski definition) is 7. The smallest absolute Gasteiger partial charge is 0.346 e. The summed E-state index contributed by atoms with van der Waals surface area (Å²) in [5, 5.41) is 0.401. The van der Waals surface area contributed by atoms with Crippen molar-refractivity contribution in [3.8, 4) is 28.4 Å². The molecule has 0 aliphatic rings. The van der Waals surface area contributed by atoms with Crippen LogP contribution in [0.2, 0.25) is 0 Å². The van der Waals surface area contributed by atoms with Crippen LogP contribution in [0.25, 0.3) is 22.1 Å². The molecular weight excluding hydrogens is 376 g/mol. The van der Waals surface area contributed by atoms with Gasteiger partial charge in [0.2, 0.25) is 5.43 Å². The first-order valence-electron chi connectivity index (χ1n) is 8.94. The highest BCUT2D eigenvalue weighted by molar-refractivity contribution is 5.84. The second-order valence-corrected chi connectivity index (χ2v) is 6.37. The van der Waals surface area contributed by atoms with Gasteiger partial charge in [0.05, 0.1) is 32.3 Å². The van der Waals surface area contributed by atoms with Crippen LogP contribution in [0.4, 0.5) is 0 Å². The van der Waals surface area contributed by atoms with E-state index in [4.69, 9.17) is 18.6 Å². The summed E-state index contributed by atoms with van der Waals surface area (Å²) in [6, 6.07) is 10.1. The fourth-order valence-electron chi connectivity index (χ4n) is 3.10. The van der Waals surface area contributed by atoms with Crippen molar-refractivity contribution in [1.29, 1.82) is 0 Å². The highest BCUT2D eigenvalue weighted by Crippen LogP contribution is 2.33. The Morgan fingerprint density at radius 2 is 1.72 bits per heavy atom. The highest BCUT2D eigenvalue weighted by Gasteiger charge is 2.18. The second-order valence-electron chi connectivity index (χ2n) is 6.37. The number of esters is 1. The minimum absolute atomic E-state index is 0.177. The summed E-state index contributed by atoms with van der Waals surface area (Å²) >= 11 is 0. The molecule has 0 aliphatic carbocycles. The lowest BCUT2D eigenvalue weighted by molar-refractivity contribution is -0.147. The molecule has 0 bridgehead atoms. The van der Waals surface area contributed by atoms with E-state index in [9.17, 15) is 9.59 Å². The van der Waals surface area contributed by atoms with Crippen molar-refractivity contribution in [1.82, 2.24) is 0 Å². The van der Waals surface area contributed by atoms with E-state index in [1.54, 1.807) is 57.4 Å². The maximum Gasteiger partial charge on any atom is 0.346 e. The first-order chi connectivity index (χ1) is 13.9. The number of ether oxygens (including phenoxy) is 4. The van der Waals surface area contributed by atoms with E-state index < -0.39 is 12.1 Å². The molecule has 29 heavy (non-hydrogen) atoms. The number of fused-ring (bicyclic) bond motifs is 1. The van der Waals surface area contributed by atoms with Crippen molar-refractivity contribution in [2.45, 2.75) is 20.0 Å². The molecule has 0 radical (unpaired) electrons. The van der Waals surface area contributed by atoms with Gasteiger partial charge in [-0.05, 0) is 43.7 Å². The van der Waals surface area contributed by atoms with E-state index in [-0.39, 0.29) is 5.43 Å². The van der Waals surface area contributed by atoms with Crippen LogP contribution in [0.15, 0.2) is 45.6 Å². The zero-order valence-corrected chi connectivity index (χ0v) is 16.9. The normalized spacial score (nSPS) is 11.8. The molecule has 0 saturated heterocycles. The number of carbonyl (C=O) groups excluding carboxylic acids is 1. The van der Waals surface area contributed by atoms with Gasteiger partial charge >= 0.3 is 5.97 Å². The second kappa shape index (κ2) is 8.26. The predicted octanol–water partition coefficient (Wildman–Crippen LogP) is 3.73. The van der Waals surface area contributed by atoms with Crippen LogP contribution in [0.3, 0.4) is 0 Å². The summed E-state index contributed by atoms with van der Waals surface area (Å²) in [4.78, 5) is 24.7. The van der Waals surface area contributed by atoms with E-state index in [0.717, 1.165) is 0 Å². The molecule has 7 nitrogen and oxygen atoms in total. The van der Waals surface area contributed by atoms with Crippen LogP contribution in [-0.4, -0.2) is 33.4 Å². The van der Waals surface area contributed by atoms with Crippen molar-refractivity contribution in [2.75, 3.05) is 21.3 Å². The van der Waals surface area contributed by atoms with Crippen LogP contribution >= 0.6 is 0 Å². The molecule has 1 heterocycles. The molecule has 0 saturated carbocycles. The van der Waals surface area contributed by atoms with Crippen LogP contribution < -0.4 is 19.6 Å². The monoisotopic (exact) mass is 398 g/mol. The first-order valence-corrected chi connectivity index (χ1v) is 8.94. The number of methoxy groups -OCH3 is 3. The molecule has 3 rings (SSSR count). The van der Waals surface area contributed by atoms with Crippen LogP contribution in [0.1, 0.15) is 12.7 Å². The van der Waals surface area contributed by atoms with Crippen molar-refractivity contribution in [2.24, 2.45) is 0 Å². The summed E-state index contributed by atoms with van der Waals surface area (Å²) in [6.07, 6.45) is -0.781. The van der Waals surface area contributed by atoms with Crippen molar-refractivity contribution >= 4 is 16.9 Å². The van der Waals surface area contributed by atoms with Crippen LogP contribution in [0.5, 0.6) is 17.2 Å². The summed E-state index contributed by atoms with van der Waals surface area (Å²) in [5.74, 6) is 1.45. The van der Waals surface area contributed by atoms with E-state index in [0.29, 0.717) is 45.1 Å². The van der Waals surface area contributed by atoms with Gasteiger partial charge in [0, 0.05) is 6.07 Å². The number of carbonyl (C=O) groups is 1. The lowest BCUT2D eigenvalue weighted by Gasteiger charge is -2.14. The quantitative estimate of drug-likeness (QED) is 0.585. The number of hydrogen-bond donors (Lipinski definition) is 0. The lowest BCUT2D eigenvalue weighted by atomic mass is 10.0. The van der Waals surface area contributed by atoms with Crippen LogP contribution in [0, 0.1) is 6.92 Å². The molecule has 1 aromatic heterocycles. The molecule has 2 aromatic carbocycles. The van der Waals surface area contributed by atoms with Gasteiger partial charge in [-0.1, -0.05) is 6.07 Å². The fourth-order valence-corrected chi connectivity index (χ4v) is 3.10. The number of benzene rings is 2. The zero-order chi connectivity index (χ0) is 21.1. The van der Waals surface area contributed by atoms with Crippen molar-refractivity contribution in [3.63, 3.8) is 0 Å². The SMILES string of the molecule is COC(=O)C(C)Oc1ccc2c(=O)c(-c3ccc(OC)c(OC)c3)c(C)oc2c1. The van der Waals surface area contributed by atoms with Gasteiger partial charge in [0.1, 0.15) is 17.1 Å². The number of rotatable bonds is 6. The minimum atomic E-state index is -0.781. The molecule has 1 unspecified atom stereocenters. The van der Waals surface area contributed by atoms with Gasteiger partial charge in [-0.2, -0.15) is 0 Å². The number of aryl methyl sites for hydroxylation is 1. The largest absolute Gasteiger partial charge is 0.493 e. The van der Waals surface area contributed by atoms with Crippen molar-refractivity contribution in [3.05, 3.63) is 52.4 Å². The van der Waals surface area contributed by atoms with Gasteiger partial charge in [0.25, 0.3) is 0 Å². The third-order valence-electron chi connectivity index (χ3n) is 4.56. The van der Waals surface area contributed by atoms with Gasteiger partial charge in [-0.15, -0.1) is 0 Å². The van der Waals surface area contributed by atoms with Gasteiger partial charge in [0.15, 0.2) is 17.6 Å². The van der Waals surface area contributed by atoms with Crippen LogP contribution in [-0.2, 0) is 9.53 Å². The van der Waals surface area contributed by atoms with Gasteiger partial charge in [-0.3, -0.25) is 4.79 Å². The standard InChI is InChI=1S/C22H22O7/c1-12-20(14-6-9-17(25-3)19(10-14)26-4)21(23)16-8-7-15(11-18(16)29-12)28-13(2)22(24)27-5/h6-11,13H,1-5H3. The third-order valence-corrected chi connectivity index (χ3v) is 4.56. The fraction of sp³-hybridized carbons (Fsp3) is 0.273. The maximum atomic E-state index is 13.1. The summed E-state index contributed by atoms with van der Waals surface area (Å²) in [6.45, 7) is 3.30. The summed E-state index contributed by atoms with van der Waals surface area (Å²) < 4.78 is 26.7. The Morgan fingerprint density at radius 1 is 1.00 bits per heavy atom. The zero-order valence-electron chi connectivity index (χ0n) is 16.9. The Hall–Kier alpha value is -3.48. The average Bonchev–Trinajstić information content (AvgIpc) is 2.72. The van der Waals surface area contributed by atoms with Gasteiger partial charge in [-0.25, -0.2) is 4.79 Å². The minimum Gasteiger partial charge on any atom is -0.493 e. The Kier molecular flexibility index (Phi) is 5.77. The summed E-state index contributed by atoms with van der Waals surface area (Å²) in [5.41, 5.74) is 1.29.